The maximum absolute atomic E-state index is 11.6. The molecular formula is C13H10N2O3S. The molecule has 1 heterocycles. The van der Waals surface area contributed by atoms with Crippen molar-refractivity contribution in [2.45, 2.75) is 0 Å². The summed E-state index contributed by atoms with van der Waals surface area (Å²) < 4.78 is 0. The first-order valence-corrected chi connectivity index (χ1v) is 6.20. The van der Waals surface area contributed by atoms with Crippen LogP contribution in [0.25, 0.3) is 0 Å². The van der Waals surface area contributed by atoms with E-state index >= 15 is 0 Å². The third-order valence-corrected chi connectivity index (χ3v) is 3.24. The number of benzene rings is 1. The summed E-state index contributed by atoms with van der Waals surface area (Å²) in [5.41, 5.74) is 2.89. The highest BCUT2D eigenvalue weighted by molar-refractivity contribution is 7.15. The summed E-state index contributed by atoms with van der Waals surface area (Å²) in [6.45, 7) is 0. The van der Waals surface area contributed by atoms with E-state index in [1.165, 1.54) is 12.3 Å². The molecule has 2 aromatic rings. The third-order valence-electron chi connectivity index (χ3n) is 2.23. The van der Waals surface area contributed by atoms with Gasteiger partial charge in [-0.15, -0.1) is 11.3 Å². The lowest BCUT2D eigenvalue weighted by Gasteiger charge is -1.97. The summed E-state index contributed by atoms with van der Waals surface area (Å²) in [6.07, 6.45) is 1.41. The summed E-state index contributed by atoms with van der Waals surface area (Å²) in [7, 11) is 0. The quantitative estimate of drug-likeness (QED) is 0.662. The molecule has 0 atom stereocenters. The van der Waals surface area contributed by atoms with E-state index in [2.05, 4.69) is 10.5 Å². The standard InChI is InChI=1S/C13H10N2O3S/c16-12(9-4-2-1-3-5-9)15-14-8-10-6-7-11(19-10)13(17)18/h1-8H,(H,15,16)(H,17,18)/b14-8+. The van der Waals surface area contributed by atoms with Gasteiger partial charge in [-0.05, 0) is 24.3 Å². The molecule has 96 valence electrons. The number of carboxylic acid groups (broad SMARTS) is 1. The number of carboxylic acids is 1. The highest BCUT2D eigenvalue weighted by Gasteiger charge is 2.05. The van der Waals surface area contributed by atoms with Crippen molar-refractivity contribution in [2.24, 2.45) is 5.10 Å². The molecule has 6 heteroatoms. The molecule has 1 aromatic heterocycles. The summed E-state index contributed by atoms with van der Waals surface area (Å²) >= 11 is 1.09. The number of nitrogens with zero attached hydrogens (tertiary/aromatic N) is 1. The minimum atomic E-state index is -0.974. The molecule has 0 aliphatic rings. The van der Waals surface area contributed by atoms with Crippen molar-refractivity contribution < 1.29 is 14.7 Å². The fourth-order valence-electron chi connectivity index (χ4n) is 1.35. The second-order valence-electron chi connectivity index (χ2n) is 3.57. The Morgan fingerprint density at radius 1 is 1.16 bits per heavy atom. The van der Waals surface area contributed by atoms with Gasteiger partial charge < -0.3 is 5.11 Å². The summed E-state index contributed by atoms with van der Waals surface area (Å²) in [5, 5.41) is 12.5. The lowest BCUT2D eigenvalue weighted by molar-refractivity contribution is 0.0702. The van der Waals surface area contributed by atoms with Gasteiger partial charge in [-0.2, -0.15) is 5.10 Å². The van der Waals surface area contributed by atoms with Crippen LogP contribution in [0.3, 0.4) is 0 Å². The van der Waals surface area contributed by atoms with Crippen molar-refractivity contribution in [1.29, 1.82) is 0 Å². The molecule has 0 saturated heterocycles. The number of amides is 1. The Morgan fingerprint density at radius 2 is 1.89 bits per heavy atom. The Hall–Kier alpha value is -2.47. The zero-order valence-electron chi connectivity index (χ0n) is 9.74. The van der Waals surface area contributed by atoms with Gasteiger partial charge in [0.05, 0.1) is 6.21 Å². The van der Waals surface area contributed by atoms with Crippen LogP contribution in [-0.2, 0) is 0 Å². The average Bonchev–Trinajstić information content (AvgIpc) is 2.89. The van der Waals surface area contributed by atoms with E-state index in [9.17, 15) is 9.59 Å². The summed E-state index contributed by atoms with van der Waals surface area (Å²) in [4.78, 5) is 23.2. The molecule has 0 saturated carbocycles. The molecule has 2 rings (SSSR count). The fraction of sp³-hybridized carbons (Fsp3) is 0. The summed E-state index contributed by atoms with van der Waals surface area (Å²) in [6, 6.07) is 11.8. The van der Waals surface area contributed by atoms with Crippen LogP contribution >= 0.6 is 11.3 Å². The number of hydrazone groups is 1. The van der Waals surface area contributed by atoms with Gasteiger partial charge >= 0.3 is 5.97 Å². The number of nitrogens with one attached hydrogen (secondary N) is 1. The van der Waals surface area contributed by atoms with Crippen LogP contribution in [0.1, 0.15) is 24.9 Å². The second-order valence-corrected chi connectivity index (χ2v) is 4.69. The molecule has 1 aromatic carbocycles. The van der Waals surface area contributed by atoms with E-state index in [1.54, 1.807) is 30.3 Å². The van der Waals surface area contributed by atoms with Crippen LogP contribution in [0.15, 0.2) is 47.6 Å². The summed E-state index contributed by atoms with van der Waals surface area (Å²) in [5.74, 6) is -1.29. The van der Waals surface area contributed by atoms with E-state index in [-0.39, 0.29) is 10.8 Å². The van der Waals surface area contributed by atoms with Gasteiger partial charge in [0, 0.05) is 10.4 Å². The monoisotopic (exact) mass is 274 g/mol. The normalized spacial score (nSPS) is 10.5. The van der Waals surface area contributed by atoms with Gasteiger partial charge in [0.2, 0.25) is 0 Å². The van der Waals surface area contributed by atoms with Crippen molar-refractivity contribution in [3.63, 3.8) is 0 Å². The second kappa shape index (κ2) is 5.92. The van der Waals surface area contributed by atoms with Crippen molar-refractivity contribution in [3.8, 4) is 0 Å². The number of carbonyl (C=O) groups is 2. The highest BCUT2D eigenvalue weighted by Crippen LogP contribution is 2.14. The topological polar surface area (TPSA) is 78.8 Å². The number of carbonyl (C=O) groups excluding carboxylic acids is 1. The molecule has 5 nitrogen and oxygen atoms in total. The predicted molar refractivity (Wildman–Crippen MR) is 72.8 cm³/mol. The van der Waals surface area contributed by atoms with E-state index < -0.39 is 5.97 Å². The van der Waals surface area contributed by atoms with E-state index in [0.29, 0.717) is 10.4 Å². The van der Waals surface area contributed by atoms with E-state index in [0.717, 1.165) is 11.3 Å². The van der Waals surface area contributed by atoms with Crippen molar-refractivity contribution in [2.75, 3.05) is 0 Å². The molecule has 2 N–H and O–H groups in total. The number of hydrogen-bond donors (Lipinski definition) is 2. The van der Waals surface area contributed by atoms with Crippen molar-refractivity contribution >= 4 is 29.4 Å². The first-order valence-electron chi connectivity index (χ1n) is 5.38. The molecule has 0 aliphatic carbocycles. The average molecular weight is 274 g/mol. The van der Waals surface area contributed by atoms with Crippen molar-refractivity contribution in [3.05, 3.63) is 57.8 Å². The van der Waals surface area contributed by atoms with Gasteiger partial charge in [-0.3, -0.25) is 4.79 Å². The van der Waals surface area contributed by atoms with E-state index in [1.807, 2.05) is 6.07 Å². The number of rotatable bonds is 4. The lowest BCUT2D eigenvalue weighted by Crippen LogP contribution is -2.17. The van der Waals surface area contributed by atoms with Gasteiger partial charge in [-0.25, -0.2) is 10.2 Å². The molecule has 0 fully saturated rings. The molecule has 0 bridgehead atoms. The molecule has 0 radical (unpaired) electrons. The van der Waals surface area contributed by atoms with Crippen LogP contribution in [0.5, 0.6) is 0 Å². The van der Waals surface area contributed by atoms with Crippen LogP contribution in [0, 0.1) is 0 Å². The molecule has 19 heavy (non-hydrogen) atoms. The molecule has 0 aliphatic heterocycles. The van der Waals surface area contributed by atoms with Crippen LogP contribution < -0.4 is 5.43 Å². The third kappa shape index (κ3) is 3.49. The Labute approximate surface area is 113 Å². The number of thiophene rings is 1. The highest BCUT2D eigenvalue weighted by atomic mass is 32.1. The van der Waals surface area contributed by atoms with Gasteiger partial charge in [0.15, 0.2) is 0 Å². The van der Waals surface area contributed by atoms with Gasteiger partial charge in [0.1, 0.15) is 4.88 Å². The zero-order chi connectivity index (χ0) is 13.7. The van der Waals surface area contributed by atoms with Crippen LogP contribution in [0.4, 0.5) is 0 Å². The minimum absolute atomic E-state index is 0.232. The smallest absolute Gasteiger partial charge is 0.345 e. The fourth-order valence-corrected chi connectivity index (χ4v) is 2.06. The maximum Gasteiger partial charge on any atom is 0.345 e. The largest absolute Gasteiger partial charge is 0.477 e. The zero-order valence-corrected chi connectivity index (χ0v) is 10.6. The Morgan fingerprint density at radius 3 is 2.53 bits per heavy atom. The molecular weight excluding hydrogens is 264 g/mol. The molecule has 0 spiro atoms. The SMILES string of the molecule is O=C(N/N=C/c1ccc(C(=O)O)s1)c1ccccc1. The van der Waals surface area contributed by atoms with Gasteiger partial charge in [0.25, 0.3) is 5.91 Å². The van der Waals surface area contributed by atoms with Crippen molar-refractivity contribution in [1.82, 2.24) is 5.43 Å². The number of hydrogen-bond acceptors (Lipinski definition) is 4. The number of aromatic carboxylic acids is 1. The Kier molecular flexibility index (Phi) is 4.04. The first-order chi connectivity index (χ1) is 9.16. The Balaban J connectivity index is 1.96. The predicted octanol–water partition coefficient (Wildman–Crippen LogP) is 2.21. The van der Waals surface area contributed by atoms with Crippen LogP contribution in [0.2, 0.25) is 0 Å². The minimum Gasteiger partial charge on any atom is -0.477 e. The van der Waals surface area contributed by atoms with E-state index in [4.69, 9.17) is 5.11 Å². The van der Waals surface area contributed by atoms with Gasteiger partial charge in [-0.1, -0.05) is 18.2 Å². The Bertz CT molecular complexity index is 620. The molecule has 0 unspecified atom stereocenters. The first kappa shape index (κ1) is 13.0. The van der Waals surface area contributed by atoms with Crippen LogP contribution in [-0.4, -0.2) is 23.2 Å². The molecule has 1 amide bonds. The lowest BCUT2D eigenvalue weighted by atomic mass is 10.2. The maximum atomic E-state index is 11.6.